The summed E-state index contributed by atoms with van der Waals surface area (Å²) in [5.74, 6) is -0.174. The van der Waals surface area contributed by atoms with Crippen LogP contribution in [-0.2, 0) is 0 Å². The number of carbonyl (C=O) groups is 1. The number of phenols is 1. The molecule has 2 rings (SSSR count). The van der Waals surface area contributed by atoms with E-state index in [4.69, 9.17) is 0 Å². The van der Waals surface area contributed by atoms with Crippen LogP contribution in [0.3, 0.4) is 0 Å². The van der Waals surface area contributed by atoms with Crippen LogP contribution in [0.4, 0.5) is 0 Å². The third-order valence-electron chi connectivity index (χ3n) is 2.66. The first-order valence-corrected chi connectivity index (χ1v) is 6.74. The second-order valence-corrected chi connectivity index (χ2v) is 5.18. The van der Waals surface area contributed by atoms with Crippen LogP contribution in [0, 0.1) is 6.92 Å². The number of phenolic OH excluding ortho intramolecular Hbond substituents is 1. The predicted octanol–water partition coefficient (Wildman–Crippen LogP) is 3.23. The Balaban J connectivity index is 2.02. The summed E-state index contributed by atoms with van der Waals surface area (Å²) >= 11 is 3.30. The number of carbonyl (C=O) groups excluding carboxylic acids is 1. The number of halogens is 1. The summed E-state index contributed by atoms with van der Waals surface area (Å²) < 4.78 is 0.905. The Bertz CT molecular complexity index is 651. The molecule has 1 amide bonds. The lowest BCUT2D eigenvalue weighted by Crippen LogP contribution is -2.17. The topological polar surface area (TPSA) is 61.7 Å². The molecule has 102 valence electrons. The van der Waals surface area contributed by atoms with Crippen LogP contribution in [0.25, 0.3) is 0 Å². The average molecular weight is 333 g/mol. The summed E-state index contributed by atoms with van der Waals surface area (Å²) in [6.45, 7) is 1.88. The van der Waals surface area contributed by atoms with E-state index in [-0.39, 0.29) is 11.7 Å². The fraction of sp³-hybridized carbons (Fsp3) is 0.0667. The molecule has 0 atom stereocenters. The molecule has 0 fully saturated rings. The van der Waals surface area contributed by atoms with Crippen molar-refractivity contribution < 1.29 is 9.90 Å². The fourth-order valence-electron chi connectivity index (χ4n) is 1.59. The number of rotatable bonds is 3. The molecule has 2 aromatic carbocycles. The third kappa shape index (κ3) is 3.68. The molecule has 0 aliphatic carbocycles. The highest BCUT2D eigenvalue weighted by atomic mass is 79.9. The summed E-state index contributed by atoms with van der Waals surface area (Å²) in [4.78, 5) is 11.8. The van der Waals surface area contributed by atoms with E-state index in [2.05, 4.69) is 26.5 Å². The molecule has 0 aliphatic heterocycles. The van der Waals surface area contributed by atoms with Crippen LogP contribution in [0.2, 0.25) is 0 Å². The number of benzene rings is 2. The maximum atomic E-state index is 11.8. The van der Waals surface area contributed by atoms with Gasteiger partial charge in [0.2, 0.25) is 0 Å². The average Bonchev–Trinajstić information content (AvgIpc) is 2.42. The van der Waals surface area contributed by atoms with E-state index in [1.165, 1.54) is 6.21 Å². The van der Waals surface area contributed by atoms with Crippen molar-refractivity contribution >= 4 is 28.1 Å². The lowest BCUT2D eigenvalue weighted by atomic mass is 10.1. The second kappa shape index (κ2) is 6.34. The van der Waals surface area contributed by atoms with Crippen molar-refractivity contribution in [1.29, 1.82) is 0 Å². The van der Waals surface area contributed by atoms with Crippen molar-refractivity contribution in [2.24, 2.45) is 5.10 Å². The van der Waals surface area contributed by atoms with E-state index in [0.717, 1.165) is 10.0 Å². The first-order chi connectivity index (χ1) is 9.56. The molecule has 0 saturated carbocycles. The predicted molar refractivity (Wildman–Crippen MR) is 82.0 cm³/mol. The van der Waals surface area contributed by atoms with Crippen molar-refractivity contribution in [1.82, 2.24) is 5.43 Å². The fourth-order valence-corrected chi connectivity index (χ4v) is 1.85. The van der Waals surface area contributed by atoms with E-state index in [0.29, 0.717) is 11.1 Å². The highest BCUT2D eigenvalue weighted by Crippen LogP contribution is 2.16. The molecule has 0 aromatic heterocycles. The Morgan fingerprint density at radius 3 is 2.60 bits per heavy atom. The molecule has 2 aromatic rings. The summed E-state index contributed by atoms with van der Waals surface area (Å²) in [6, 6.07) is 12.2. The van der Waals surface area contributed by atoms with Crippen LogP contribution in [0.1, 0.15) is 21.5 Å². The zero-order valence-corrected chi connectivity index (χ0v) is 12.4. The van der Waals surface area contributed by atoms with Gasteiger partial charge in [0.1, 0.15) is 5.75 Å². The lowest BCUT2D eigenvalue weighted by molar-refractivity contribution is 0.0955. The lowest BCUT2D eigenvalue weighted by Gasteiger charge is -2.01. The van der Waals surface area contributed by atoms with E-state index in [9.17, 15) is 9.90 Å². The minimum atomic E-state index is -0.305. The van der Waals surface area contributed by atoms with Gasteiger partial charge in [-0.3, -0.25) is 4.79 Å². The van der Waals surface area contributed by atoms with Crippen molar-refractivity contribution in [3.05, 3.63) is 63.6 Å². The molecule has 0 spiro atoms. The van der Waals surface area contributed by atoms with Gasteiger partial charge in [-0.15, -0.1) is 0 Å². The first kappa shape index (κ1) is 14.3. The highest BCUT2D eigenvalue weighted by molar-refractivity contribution is 9.10. The molecule has 0 saturated heterocycles. The van der Waals surface area contributed by atoms with E-state index in [1.807, 2.05) is 13.0 Å². The maximum absolute atomic E-state index is 11.8. The molecular formula is C15H13BrN2O2. The van der Waals surface area contributed by atoms with Gasteiger partial charge in [-0.2, -0.15) is 5.10 Å². The second-order valence-electron chi connectivity index (χ2n) is 4.27. The summed E-state index contributed by atoms with van der Waals surface area (Å²) in [5.41, 5.74) is 4.43. The van der Waals surface area contributed by atoms with E-state index >= 15 is 0 Å². The van der Waals surface area contributed by atoms with Gasteiger partial charge in [0.25, 0.3) is 5.91 Å². The maximum Gasteiger partial charge on any atom is 0.271 e. The molecule has 0 heterocycles. The van der Waals surface area contributed by atoms with Crippen molar-refractivity contribution in [2.75, 3.05) is 0 Å². The van der Waals surface area contributed by atoms with Gasteiger partial charge in [0.05, 0.1) is 6.21 Å². The molecule has 0 bridgehead atoms. The van der Waals surface area contributed by atoms with E-state index < -0.39 is 0 Å². The molecular weight excluding hydrogens is 320 g/mol. The molecule has 0 unspecified atom stereocenters. The normalized spacial score (nSPS) is 10.7. The monoisotopic (exact) mass is 332 g/mol. The van der Waals surface area contributed by atoms with Crippen molar-refractivity contribution in [2.45, 2.75) is 6.92 Å². The molecule has 0 aliphatic rings. The standard InChI is InChI=1S/C15H13BrN2O2/c1-10-2-3-12(14(19)8-10)9-17-18-15(20)11-4-6-13(16)7-5-11/h2-9,19H,1H3,(H,18,20)/b17-9+. The van der Waals surface area contributed by atoms with Crippen LogP contribution in [0.15, 0.2) is 52.0 Å². The zero-order chi connectivity index (χ0) is 14.5. The van der Waals surface area contributed by atoms with Gasteiger partial charge in [0, 0.05) is 15.6 Å². The molecule has 4 nitrogen and oxygen atoms in total. The molecule has 20 heavy (non-hydrogen) atoms. The number of nitrogens with zero attached hydrogens (tertiary/aromatic N) is 1. The number of nitrogens with one attached hydrogen (secondary N) is 1. The summed E-state index contributed by atoms with van der Waals surface area (Å²) in [5, 5.41) is 13.5. The Kier molecular flexibility index (Phi) is 4.53. The van der Waals surface area contributed by atoms with Gasteiger partial charge in [-0.05, 0) is 48.9 Å². The zero-order valence-electron chi connectivity index (χ0n) is 10.8. The number of aromatic hydroxyl groups is 1. The number of hydrogen-bond donors (Lipinski definition) is 2. The Labute approximate surface area is 125 Å². The highest BCUT2D eigenvalue weighted by Gasteiger charge is 2.03. The van der Waals surface area contributed by atoms with Gasteiger partial charge in [-0.1, -0.05) is 22.0 Å². The van der Waals surface area contributed by atoms with Crippen molar-refractivity contribution in [3.63, 3.8) is 0 Å². The number of hydrazone groups is 1. The summed E-state index contributed by atoms with van der Waals surface area (Å²) in [7, 11) is 0. The number of aryl methyl sites for hydroxylation is 1. The Morgan fingerprint density at radius 1 is 1.25 bits per heavy atom. The largest absolute Gasteiger partial charge is 0.507 e. The molecule has 0 radical (unpaired) electrons. The van der Waals surface area contributed by atoms with Crippen LogP contribution in [-0.4, -0.2) is 17.2 Å². The molecule has 5 heteroatoms. The minimum Gasteiger partial charge on any atom is -0.507 e. The van der Waals surface area contributed by atoms with Crippen molar-refractivity contribution in [3.8, 4) is 5.75 Å². The van der Waals surface area contributed by atoms with Gasteiger partial charge in [0.15, 0.2) is 0 Å². The minimum absolute atomic E-state index is 0.131. The van der Waals surface area contributed by atoms with Gasteiger partial charge in [-0.25, -0.2) is 5.43 Å². The van der Waals surface area contributed by atoms with Crippen LogP contribution < -0.4 is 5.43 Å². The number of amides is 1. The smallest absolute Gasteiger partial charge is 0.271 e. The SMILES string of the molecule is Cc1ccc(/C=N/NC(=O)c2ccc(Br)cc2)c(O)c1. The third-order valence-corrected chi connectivity index (χ3v) is 3.19. The Hall–Kier alpha value is -2.14. The number of hydrogen-bond acceptors (Lipinski definition) is 3. The van der Waals surface area contributed by atoms with E-state index in [1.54, 1.807) is 36.4 Å². The first-order valence-electron chi connectivity index (χ1n) is 5.95. The van der Waals surface area contributed by atoms with Gasteiger partial charge < -0.3 is 5.11 Å². The molecule has 2 N–H and O–H groups in total. The summed E-state index contributed by atoms with van der Waals surface area (Å²) in [6.07, 6.45) is 1.41. The quantitative estimate of drug-likeness (QED) is 0.669. The Morgan fingerprint density at radius 2 is 1.95 bits per heavy atom. The van der Waals surface area contributed by atoms with Gasteiger partial charge >= 0.3 is 0 Å². The van der Waals surface area contributed by atoms with Crippen LogP contribution >= 0.6 is 15.9 Å². The van der Waals surface area contributed by atoms with Crippen LogP contribution in [0.5, 0.6) is 5.75 Å².